The highest BCUT2D eigenvalue weighted by atomic mass is 15.1. The molecule has 8 aromatic carbocycles. The van der Waals surface area contributed by atoms with Crippen LogP contribution < -0.4 is 4.90 Å². The molecule has 15 rings (SSSR count). The number of nitrogens with zero attached hydrogens (tertiary/aromatic N) is 1. The first kappa shape index (κ1) is 37.9. The van der Waals surface area contributed by atoms with Gasteiger partial charge in [0.1, 0.15) is 0 Å². The summed E-state index contributed by atoms with van der Waals surface area (Å²) in [6, 6.07) is 72.3. The molecule has 0 saturated heterocycles. The second-order valence-electron chi connectivity index (χ2n) is 20.8. The van der Waals surface area contributed by atoms with Gasteiger partial charge in [-0.2, -0.15) is 0 Å². The molecule has 0 aromatic heterocycles. The molecule has 65 heavy (non-hydrogen) atoms. The molecular formula is C64H55N. The lowest BCUT2D eigenvalue weighted by molar-refractivity contribution is -0.0399. The normalized spacial score (nSPS) is 23.6. The Balaban J connectivity index is 0.893. The van der Waals surface area contributed by atoms with E-state index in [1.54, 1.807) is 16.7 Å². The molecule has 0 aliphatic heterocycles. The predicted octanol–water partition coefficient (Wildman–Crippen LogP) is 17.1. The van der Waals surface area contributed by atoms with Gasteiger partial charge in [-0.1, -0.05) is 159 Å². The van der Waals surface area contributed by atoms with Crippen LogP contribution in [0.1, 0.15) is 86.5 Å². The lowest BCUT2D eigenvalue weighted by atomic mass is 9.43. The average Bonchev–Trinajstić information content (AvgIpc) is 3.80. The van der Waals surface area contributed by atoms with Gasteiger partial charge >= 0.3 is 0 Å². The molecule has 1 heteroatoms. The molecule has 0 unspecified atom stereocenters. The fourth-order valence-corrected chi connectivity index (χ4v) is 15.2. The Hall–Kier alpha value is -6.44. The van der Waals surface area contributed by atoms with Crippen molar-refractivity contribution in [2.45, 2.75) is 75.0 Å². The molecule has 0 N–H and O–H groups in total. The lowest BCUT2D eigenvalue weighted by Gasteiger charge is -2.61. The van der Waals surface area contributed by atoms with Gasteiger partial charge in [-0.05, 0) is 195 Å². The molecule has 4 bridgehead atoms. The number of hydrogen-bond acceptors (Lipinski definition) is 1. The molecule has 8 aromatic rings. The molecule has 2 spiro atoms. The monoisotopic (exact) mass is 837 g/mol. The van der Waals surface area contributed by atoms with Gasteiger partial charge in [-0.3, -0.25) is 0 Å². The summed E-state index contributed by atoms with van der Waals surface area (Å²) in [5.41, 5.74) is 23.5. The van der Waals surface area contributed by atoms with Crippen LogP contribution >= 0.6 is 0 Å². The Labute approximate surface area is 384 Å². The second kappa shape index (κ2) is 14.5. The third-order valence-electron chi connectivity index (χ3n) is 17.6. The zero-order chi connectivity index (χ0) is 42.7. The van der Waals surface area contributed by atoms with Gasteiger partial charge in [0, 0.05) is 27.9 Å². The van der Waals surface area contributed by atoms with E-state index in [4.69, 9.17) is 0 Å². The van der Waals surface area contributed by atoms with Crippen molar-refractivity contribution in [3.8, 4) is 55.6 Å². The summed E-state index contributed by atoms with van der Waals surface area (Å²) < 4.78 is 0. The standard InChI is InChI=1S/C64H55N/c1-3-14-44(15-4-1)45-16-11-19-52(37-45)65(53-20-12-17-46(38-53)48-26-28-57-55-22-5-7-24-59(55)63(61(57)40-48)30-9-2-10-31-63)54-21-13-18-47(39-54)49-27-29-58-56-23-6-8-25-60(56)64(62(58)41-49)50-33-42-32-43(35-50)36-51(64)34-42/h1,3-8,11-29,37-43,50-51H,2,9-10,30-36H2/t42-,43?,50-,51+,64+. The zero-order valence-electron chi connectivity index (χ0n) is 37.2. The molecular weight excluding hydrogens is 783 g/mol. The van der Waals surface area contributed by atoms with Gasteiger partial charge in [0.15, 0.2) is 0 Å². The maximum absolute atomic E-state index is 2.64. The molecule has 0 amide bonds. The van der Waals surface area contributed by atoms with Crippen molar-refractivity contribution < 1.29 is 0 Å². The highest BCUT2D eigenvalue weighted by molar-refractivity contribution is 5.89. The van der Waals surface area contributed by atoms with Crippen molar-refractivity contribution in [2.75, 3.05) is 4.90 Å². The van der Waals surface area contributed by atoms with Gasteiger partial charge in [0.2, 0.25) is 0 Å². The maximum atomic E-state index is 2.64. The minimum Gasteiger partial charge on any atom is -0.310 e. The van der Waals surface area contributed by atoms with Crippen LogP contribution in [0.5, 0.6) is 0 Å². The summed E-state index contributed by atoms with van der Waals surface area (Å²) in [6.07, 6.45) is 13.5. The molecule has 5 saturated carbocycles. The molecule has 316 valence electrons. The van der Waals surface area contributed by atoms with Crippen molar-refractivity contribution in [3.63, 3.8) is 0 Å². The van der Waals surface area contributed by atoms with E-state index in [0.29, 0.717) is 0 Å². The minimum atomic E-state index is 0.123. The quantitative estimate of drug-likeness (QED) is 0.161. The largest absolute Gasteiger partial charge is 0.310 e. The number of hydrogen-bond donors (Lipinski definition) is 0. The average molecular weight is 838 g/mol. The summed E-state index contributed by atoms with van der Waals surface area (Å²) in [4.78, 5) is 2.49. The van der Waals surface area contributed by atoms with E-state index in [1.807, 2.05) is 0 Å². The van der Waals surface area contributed by atoms with Crippen LogP contribution in [0.4, 0.5) is 17.1 Å². The van der Waals surface area contributed by atoms with Gasteiger partial charge in [-0.15, -0.1) is 0 Å². The zero-order valence-corrected chi connectivity index (χ0v) is 37.2. The fourth-order valence-electron chi connectivity index (χ4n) is 15.2. The van der Waals surface area contributed by atoms with Crippen LogP contribution in [0.25, 0.3) is 55.6 Å². The first-order valence-corrected chi connectivity index (χ1v) is 24.8. The van der Waals surface area contributed by atoms with E-state index in [0.717, 1.165) is 35.0 Å². The Morgan fingerprint density at radius 1 is 0.323 bits per heavy atom. The van der Waals surface area contributed by atoms with Gasteiger partial charge in [-0.25, -0.2) is 0 Å². The molecule has 0 atom stereocenters. The van der Waals surface area contributed by atoms with Crippen LogP contribution in [0.3, 0.4) is 0 Å². The van der Waals surface area contributed by atoms with E-state index in [2.05, 4.69) is 193 Å². The van der Waals surface area contributed by atoms with Crippen molar-refractivity contribution in [1.82, 2.24) is 0 Å². The lowest BCUT2D eigenvalue weighted by Crippen LogP contribution is -2.55. The van der Waals surface area contributed by atoms with Crippen LogP contribution in [0, 0.1) is 23.7 Å². The molecule has 1 nitrogen and oxygen atoms in total. The van der Waals surface area contributed by atoms with E-state index in [9.17, 15) is 0 Å². The molecule has 0 heterocycles. The van der Waals surface area contributed by atoms with Gasteiger partial charge < -0.3 is 4.90 Å². The molecule has 0 radical (unpaired) electrons. The van der Waals surface area contributed by atoms with Gasteiger partial charge in [0.25, 0.3) is 0 Å². The Kier molecular flexibility index (Phi) is 8.47. The first-order chi connectivity index (χ1) is 32.1. The molecule has 5 fully saturated rings. The Bertz CT molecular complexity index is 3140. The van der Waals surface area contributed by atoms with Gasteiger partial charge in [0.05, 0.1) is 0 Å². The summed E-state index contributed by atoms with van der Waals surface area (Å²) in [6.45, 7) is 0. The van der Waals surface area contributed by atoms with Crippen LogP contribution in [0.2, 0.25) is 0 Å². The smallest absolute Gasteiger partial charge is 0.0467 e. The third kappa shape index (κ3) is 5.64. The summed E-state index contributed by atoms with van der Waals surface area (Å²) >= 11 is 0. The molecule has 7 aliphatic carbocycles. The van der Waals surface area contributed by atoms with Crippen molar-refractivity contribution in [2.24, 2.45) is 23.7 Å². The second-order valence-corrected chi connectivity index (χ2v) is 20.8. The van der Waals surface area contributed by atoms with E-state index in [1.165, 1.54) is 131 Å². The summed E-state index contributed by atoms with van der Waals surface area (Å²) in [5.74, 6) is 3.35. The van der Waals surface area contributed by atoms with Crippen LogP contribution in [-0.2, 0) is 10.8 Å². The fraction of sp³-hybridized carbons (Fsp3) is 0.250. The van der Waals surface area contributed by atoms with E-state index >= 15 is 0 Å². The van der Waals surface area contributed by atoms with Crippen LogP contribution in [0.15, 0.2) is 188 Å². The van der Waals surface area contributed by atoms with Crippen molar-refractivity contribution in [3.05, 3.63) is 210 Å². The van der Waals surface area contributed by atoms with Crippen molar-refractivity contribution >= 4 is 17.1 Å². The first-order valence-electron chi connectivity index (χ1n) is 24.8. The summed E-state index contributed by atoms with van der Waals surface area (Å²) in [7, 11) is 0. The Morgan fingerprint density at radius 3 is 1.37 bits per heavy atom. The Morgan fingerprint density at radius 2 is 0.769 bits per heavy atom. The van der Waals surface area contributed by atoms with Crippen molar-refractivity contribution in [1.29, 1.82) is 0 Å². The van der Waals surface area contributed by atoms with E-state index < -0.39 is 0 Å². The molecule has 7 aliphatic rings. The minimum absolute atomic E-state index is 0.123. The number of rotatable bonds is 6. The maximum Gasteiger partial charge on any atom is 0.0467 e. The topological polar surface area (TPSA) is 3.24 Å². The summed E-state index contributed by atoms with van der Waals surface area (Å²) in [5, 5.41) is 0. The van der Waals surface area contributed by atoms with E-state index in [-0.39, 0.29) is 10.8 Å². The number of benzene rings is 8. The number of fused-ring (bicyclic) bond motifs is 8. The highest BCUT2D eigenvalue weighted by Gasteiger charge is 2.61. The van der Waals surface area contributed by atoms with Crippen LogP contribution in [-0.4, -0.2) is 0 Å². The predicted molar refractivity (Wildman–Crippen MR) is 270 cm³/mol. The SMILES string of the molecule is c1ccc(-c2cccc(N(c3cccc(-c4ccc5c(c4)C4(CCCCC4)c4ccccc4-5)c3)c3cccc(-c4ccc5c(c4)[C@]4(c6ccccc6-5)[C@@H]5CC6C[C@@H](C5)C[C@@H]4C6)c3)c2)cc1. The number of anilines is 3. The highest BCUT2D eigenvalue weighted by Crippen LogP contribution is 2.69. The third-order valence-corrected chi connectivity index (χ3v) is 17.6.